The Labute approximate surface area is 156 Å². The smallest absolute Gasteiger partial charge is 0.426 e. The molecule has 0 saturated heterocycles. The third-order valence-electron chi connectivity index (χ3n) is 4.04. The highest BCUT2D eigenvalue weighted by Crippen LogP contribution is 2.22. The monoisotopic (exact) mass is 372 g/mol. The van der Waals surface area contributed by atoms with E-state index in [4.69, 9.17) is 4.74 Å². The Balaban J connectivity index is 2.25. The summed E-state index contributed by atoms with van der Waals surface area (Å²) in [5, 5.41) is 21.9. The maximum Gasteiger partial charge on any atom is 0.512 e. The van der Waals surface area contributed by atoms with E-state index in [1.165, 1.54) is 6.92 Å². The standard InChI is InChI=1S/C20H21NO6/c1-12-15(9-6-10-17(12)27-13(2)22)19(24)21-16(18(23)20(25)26)11-14-7-4-3-5-8-14/h3-10,16,18,23H,11H2,1-2H3,(H,21,24)(H,25,26)/p+1. The number of amides is 1. The van der Waals surface area contributed by atoms with E-state index in [2.05, 4.69) is 5.32 Å². The number of aliphatic hydroxyl groups excluding tert-OH is 2. The number of hydrogen-bond acceptors (Lipinski definition) is 4. The van der Waals surface area contributed by atoms with Crippen molar-refractivity contribution in [3.05, 3.63) is 65.2 Å². The zero-order valence-corrected chi connectivity index (χ0v) is 15.0. The molecule has 2 aromatic rings. The zero-order chi connectivity index (χ0) is 20.0. The summed E-state index contributed by atoms with van der Waals surface area (Å²) in [6.45, 7) is 2.89. The average Bonchev–Trinajstić information content (AvgIpc) is 2.62. The number of aliphatic hydroxyl groups is 1. The number of esters is 1. The molecule has 0 heterocycles. The Morgan fingerprint density at radius 1 is 1.15 bits per heavy atom. The molecule has 2 rings (SSSR count). The third-order valence-corrected chi connectivity index (χ3v) is 4.04. The number of hydrogen-bond donors (Lipinski definition) is 3. The summed E-state index contributed by atoms with van der Waals surface area (Å²) in [6, 6.07) is 12.7. The van der Waals surface area contributed by atoms with Crippen LogP contribution >= 0.6 is 0 Å². The molecule has 0 aliphatic rings. The first-order valence-electron chi connectivity index (χ1n) is 8.35. The number of carbonyl (C=O) groups excluding carboxylic acids is 2. The number of ether oxygens (including phenoxy) is 1. The van der Waals surface area contributed by atoms with E-state index < -0.39 is 30.0 Å². The van der Waals surface area contributed by atoms with Gasteiger partial charge in [-0.1, -0.05) is 36.4 Å². The molecule has 0 aliphatic carbocycles. The van der Waals surface area contributed by atoms with Crippen molar-refractivity contribution in [3.8, 4) is 5.75 Å². The van der Waals surface area contributed by atoms with Gasteiger partial charge in [-0.15, -0.1) is 0 Å². The van der Waals surface area contributed by atoms with Gasteiger partial charge in [-0.3, -0.25) is 9.59 Å². The number of aliphatic carboxylic acids is 1. The van der Waals surface area contributed by atoms with Crippen molar-refractivity contribution in [2.75, 3.05) is 0 Å². The van der Waals surface area contributed by atoms with Crippen LogP contribution in [-0.2, 0) is 11.2 Å². The molecule has 0 aliphatic heterocycles. The van der Waals surface area contributed by atoms with Crippen LogP contribution in [-0.4, -0.2) is 45.0 Å². The van der Waals surface area contributed by atoms with Gasteiger partial charge in [0.2, 0.25) is 6.10 Å². The molecule has 2 unspecified atom stereocenters. The lowest BCUT2D eigenvalue weighted by Crippen LogP contribution is -2.48. The lowest BCUT2D eigenvalue weighted by Gasteiger charge is -2.20. The quantitative estimate of drug-likeness (QED) is 0.388. The first-order chi connectivity index (χ1) is 12.8. The molecule has 1 amide bonds. The fourth-order valence-corrected chi connectivity index (χ4v) is 2.66. The van der Waals surface area contributed by atoms with E-state index in [1.54, 1.807) is 49.4 Å². The van der Waals surface area contributed by atoms with Crippen molar-refractivity contribution >= 4 is 17.8 Å². The van der Waals surface area contributed by atoms with Gasteiger partial charge in [0.25, 0.3) is 5.91 Å². The number of nitrogens with one attached hydrogen (secondary N) is 1. The molecule has 0 fully saturated rings. The van der Waals surface area contributed by atoms with Crippen molar-refractivity contribution in [3.63, 3.8) is 0 Å². The molecule has 0 aromatic heterocycles. The van der Waals surface area contributed by atoms with Crippen molar-refractivity contribution in [1.29, 1.82) is 0 Å². The van der Waals surface area contributed by atoms with Crippen LogP contribution < -0.4 is 10.1 Å². The van der Waals surface area contributed by atoms with Crippen molar-refractivity contribution in [1.82, 2.24) is 5.32 Å². The summed E-state index contributed by atoms with van der Waals surface area (Å²) in [6.07, 6.45) is -1.48. The Morgan fingerprint density at radius 3 is 2.41 bits per heavy atom. The van der Waals surface area contributed by atoms with E-state index in [0.717, 1.165) is 5.56 Å². The second-order valence-corrected chi connectivity index (χ2v) is 6.10. The second kappa shape index (κ2) is 8.95. The first kappa shape index (κ1) is 20.1. The molecule has 2 atom stereocenters. The molecular formula is C20H22NO6+. The highest BCUT2D eigenvalue weighted by atomic mass is 16.5. The second-order valence-electron chi connectivity index (χ2n) is 6.10. The van der Waals surface area contributed by atoms with E-state index in [0.29, 0.717) is 5.56 Å². The summed E-state index contributed by atoms with van der Waals surface area (Å²) in [5.41, 5.74) is 1.50. The normalized spacial score (nSPS) is 12.7. The number of benzene rings is 2. The van der Waals surface area contributed by atoms with E-state index in [1.807, 2.05) is 6.07 Å². The van der Waals surface area contributed by atoms with E-state index in [-0.39, 0.29) is 17.7 Å². The fourth-order valence-electron chi connectivity index (χ4n) is 2.66. The summed E-state index contributed by atoms with van der Waals surface area (Å²) < 4.78 is 5.07. The van der Waals surface area contributed by atoms with Crippen molar-refractivity contribution in [2.24, 2.45) is 0 Å². The lowest BCUT2D eigenvalue weighted by molar-refractivity contribution is -0.131. The van der Waals surface area contributed by atoms with Gasteiger partial charge in [-0.05, 0) is 31.0 Å². The molecule has 0 saturated carbocycles. The van der Waals surface area contributed by atoms with Gasteiger partial charge in [0.15, 0.2) is 0 Å². The summed E-state index contributed by atoms with van der Waals surface area (Å²) >= 11 is 0. The van der Waals surface area contributed by atoms with Gasteiger partial charge in [0.05, 0.1) is 6.04 Å². The highest BCUT2D eigenvalue weighted by molar-refractivity contribution is 5.97. The molecule has 0 spiro atoms. The third kappa shape index (κ3) is 5.39. The van der Waals surface area contributed by atoms with Gasteiger partial charge in [0, 0.05) is 18.1 Å². The summed E-state index contributed by atoms with van der Waals surface area (Å²) in [5.74, 6) is -1.97. The number of carboxylic acids is 1. The predicted molar refractivity (Wildman–Crippen MR) is 99.5 cm³/mol. The van der Waals surface area contributed by atoms with E-state index >= 15 is 0 Å². The molecule has 7 heteroatoms. The summed E-state index contributed by atoms with van der Waals surface area (Å²) in [7, 11) is 0. The van der Waals surface area contributed by atoms with Crippen molar-refractivity contribution < 1.29 is 29.3 Å². The Morgan fingerprint density at radius 2 is 1.81 bits per heavy atom. The van der Waals surface area contributed by atoms with Crippen LogP contribution in [0.5, 0.6) is 5.75 Å². The minimum Gasteiger partial charge on any atom is -0.426 e. The minimum absolute atomic E-state index is 0.182. The van der Waals surface area contributed by atoms with Crippen LogP contribution in [0.25, 0.3) is 0 Å². The van der Waals surface area contributed by atoms with Crippen LogP contribution in [0, 0.1) is 6.92 Å². The molecule has 0 radical (unpaired) electrons. The molecule has 2 aromatic carbocycles. The largest absolute Gasteiger partial charge is 0.512 e. The maximum atomic E-state index is 12.7. The van der Waals surface area contributed by atoms with Crippen LogP contribution in [0.2, 0.25) is 0 Å². The van der Waals surface area contributed by atoms with Gasteiger partial charge in [-0.25, -0.2) is 0 Å². The van der Waals surface area contributed by atoms with Gasteiger partial charge < -0.3 is 25.1 Å². The Kier molecular flexibility index (Phi) is 6.67. The molecular weight excluding hydrogens is 350 g/mol. The van der Waals surface area contributed by atoms with Crippen LogP contribution in [0.3, 0.4) is 0 Å². The SMILES string of the molecule is CC(=O)Oc1cccc(C(=O)NC(Cc2ccccc2)C(O)C(O)=[OH+])c1C. The maximum absolute atomic E-state index is 12.7. The number of carboxylic acid groups (broad SMARTS) is 1. The Hall–Kier alpha value is -3.19. The zero-order valence-electron chi connectivity index (χ0n) is 15.0. The highest BCUT2D eigenvalue weighted by Gasteiger charge is 2.32. The fraction of sp³-hybridized carbons (Fsp3) is 0.250. The summed E-state index contributed by atoms with van der Waals surface area (Å²) in [4.78, 5) is 33.1. The molecule has 4 N–H and O–H groups in total. The molecule has 142 valence electrons. The molecule has 0 bridgehead atoms. The van der Waals surface area contributed by atoms with Crippen LogP contribution in [0.1, 0.15) is 28.4 Å². The van der Waals surface area contributed by atoms with Crippen LogP contribution in [0.15, 0.2) is 48.5 Å². The van der Waals surface area contributed by atoms with Crippen LogP contribution in [0.4, 0.5) is 0 Å². The first-order valence-corrected chi connectivity index (χ1v) is 8.35. The number of carbonyl (C=O) groups is 2. The molecule has 7 nitrogen and oxygen atoms in total. The molecule has 27 heavy (non-hydrogen) atoms. The van der Waals surface area contributed by atoms with Gasteiger partial charge >= 0.3 is 11.9 Å². The van der Waals surface area contributed by atoms with Gasteiger partial charge in [-0.2, -0.15) is 0 Å². The predicted octanol–water partition coefficient (Wildman–Crippen LogP) is 1.68. The minimum atomic E-state index is -1.66. The Bertz CT molecular complexity index is 834. The number of rotatable bonds is 7. The van der Waals surface area contributed by atoms with Gasteiger partial charge in [0.1, 0.15) is 5.75 Å². The van der Waals surface area contributed by atoms with E-state index in [9.17, 15) is 24.6 Å². The lowest BCUT2D eigenvalue weighted by atomic mass is 10.00. The topological polar surface area (TPSA) is 117 Å². The van der Waals surface area contributed by atoms with Crippen molar-refractivity contribution in [2.45, 2.75) is 32.4 Å². The average molecular weight is 372 g/mol.